The average Bonchev–Trinajstić information content (AvgIpc) is 2.55. The lowest BCUT2D eigenvalue weighted by Gasteiger charge is -2.28. The van der Waals surface area contributed by atoms with Crippen molar-refractivity contribution >= 4 is 0 Å². The molecule has 0 N–H and O–H groups in total. The summed E-state index contributed by atoms with van der Waals surface area (Å²) in [7, 11) is 0. The summed E-state index contributed by atoms with van der Waals surface area (Å²) in [6, 6.07) is 11.6. The van der Waals surface area contributed by atoms with Gasteiger partial charge in [-0.05, 0) is 36.3 Å². The third-order valence-electron chi connectivity index (χ3n) is 5.31. The topological polar surface area (TPSA) is 0 Å². The molecule has 0 nitrogen and oxygen atoms in total. The van der Waals surface area contributed by atoms with Crippen molar-refractivity contribution < 1.29 is 0 Å². The van der Waals surface area contributed by atoms with Crippen LogP contribution in [0.25, 0.3) is 0 Å². The lowest BCUT2D eigenvalue weighted by molar-refractivity contribution is 0.248. The van der Waals surface area contributed by atoms with Gasteiger partial charge in [-0.2, -0.15) is 0 Å². The smallest absolute Gasteiger partial charge is 0.0184 e. The largest absolute Gasteiger partial charge is 0.0654 e. The molecule has 1 saturated carbocycles. The molecule has 0 aromatic heterocycles. The quantitative estimate of drug-likeness (QED) is 0.449. The van der Waals surface area contributed by atoms with E-state index in [0.29, 0.717) is 0 Å². The van der Waals surface area contributed by atoms with Crippen molar-refractivity contribution in [1.82, 2.24) is 0 Å². The Hall–Kier alpha value is -0.780. The number of unbranched alkanes of at least 4 members (excludes halogenated alkanes) is 4. The van der Waals surface area contributed by atoms with Gasteiger partial charge in [0.15, 0.2) is 0 Å². The summed E-state index contributed by atoms with van der Waals surface area (Å²) in [5, 5.41) is 0. The fraction of sp³-hybridized carbons (Fsp3) is 0.714. The van der Waals surface area contributed by atoms with Crippen LogP contribution in [-0.2, 0) is 6.42 Å². The second-order valence-electron chi connectivity index (χ2n) is 7.04. The van der Waals surface area contributed by atoms with Crippen molar-refractivity contribution in [3.63, 3.8) is 0 Å². The molecule has 1 aromatic rings. The summed E-state index contributed by atoms with van der Waals surface area (Å²) in [5.41, 5.74) is 1.49. The number of hydrogen-bond acceptors (Lipinski definition) is 0. The minimum absolute atomic E-state index is 0.991. The van der Waals surface area contributed by atoms with Crippen LogP contribution in [0.3, 0.4) is 0 Å². The van der Waals surface area contributed by atoms with Gasteiger partial charge in [-0.25, -0.2) is 0 Å². The van der Waals surface area contributed by atoms with Crippen LogP contribution in [0.2, 0.25) is 0 Å². The molecule has 21 heavy (non-hydrogen) atoms. The van der Waals surface area contributed by atoms with Crippen molar-refractivity contribution in [3.8, 4) is 0 Å². The highest BCUT2D eigenvalue weighted by Gasteiger charge is 2.20. The van der Waals surface area contributed by atoms with E-state index in [9.17, 15) is 0 Å². The van der Waals surface area contributed by atoms with Crippen molar-refractivity contribution in [1.29, 1.82) is 0 Å². The van der Waals surface area contributed by atoms with E-state index in [4.69, 9.17) is 0 Å². The summed E-state index contributed by atoms with van der Waals surface area (Å²) < 4.78 is 0. The van der Waals surface area contributed by atoms with Gasteiger partial charge >= 0.3 is 0 Å². The van der Waals surface area contributed by atoms with Gasteiger partial charge in [0.25, 0.3) is 0 Å². The van der Waals surface area contributed by atoms with Gasteiger partial charge in [0, 0.05) is 0 Å². The first-order valence-corrected chi connectivity index (χ1v) is 9.33. The van der Waals surface area contributed by atoms with Crippen molar-refractivity contribution in [2.45, 2.75) is 84.0 Å². The number of rotatable bonds is 9. The van der Waals surface area contributed by atoms with Gasteiger partial charge in [-0.3, -0.25) is 0 Å². The highest BCUT2D eigenvalue weighted by atomic mass is 14.3. The molecule has 0 bridgehead atoms. The van der Waals surface area contributed by atoms with E-state index in [1.54, 1.807) is 0 Å². The van der Waals surface area contributed by atoms with Crippen LogP contribution in [0.15, 0.2) is 24.3 Å². The van der Waals surface area contributed by atoms with E-state index in [-0.39, 0.29) is 0 Å². The monoisotopic (exact) mass is 285 g/mol. The van der Waals surface area contributed by atoms with Gasteiger partial charge in [-0.15, -0.1) is 0 Å². The van der Waals surface area contributed by atoms with Gasteiger partial charge in [-0.1, -0.05) is 95.4 Å². The Morgan fingerprint density at radius 3 is 2.14 bits per heavy atom. The molecule has 0 amide bonds. The van der Waals surface area contributed by atoms with Crippen molar-refractivity contribution in [2.24, 2.45) is 11.8 Å². The zero-order valence-corrected chi connectivity index (χ0v) is 13.9. The Kier molecular flexibility index (Phi) is 7.92. The van der Waals surface area contributed by atoms with Gasteiger partial charge in [0.1, 0.15) is 0 Å². The summed E-state index contributed by atoms with van der Waals surface area (Å²) in [4.78, 5) is 0. The molecule has 0 heterocycles. The Morgan fingerprint density at radius 1 is 0.857 bits per heavy atom. The van der Waals surface area contributed by atoms with Crippen LogP contribution < -0.4 is 0 Å². The summed E-state index contributed by atoms with van der Waals surface area (Å²) in [5.74, 6) is 2.04. The van der Waals surface area contributed by atoms with Crippen LogP contribution in [-0.4, -0.2) is 0 Å². The molecule has 1 radical (unpaired) electrons. The van der Waals surface area contributed by atoms with Crippen molar-refractivity contribution in [2.75, 3.05) is 0 Å². The predicted molar refractivity (Wildman–Crippen MR) is 92.4 cm³/mol. The fourth-order valence-electron chi connectivity index (χ4n) is 3.80. The van der Waals surface area contributed by atoms with Crippen LogP contribution in [0.5, 0.6) is 0 Å². The zero-order valence-electron chi connectivity index (χ0n) is 13.9. The average molecular weight is 285 g/mol. The predicted octanol–water partition coefficient (Wildman–Crippen LogP) is 6.59. The highest BCUT2D eigenvalue weighted by molar-refractivity contribution is 5.13. The Bertz CT molecular complexity index is 346. The van der Waals surface area contributed by atoms with E-state index < -0.39 is 0 Å². The van der Waals surface area contributed by atoms with E-state index in [0.717, 1.165) is 11.8 Å². The molecule has 2 rings (SSSR count). The zero-order chi connectivity index (χ0) is 14.8. The van der Waals surface area contributed by atoms with Crippen molar-refractivity contribution in [3.05, 3.63) is 35.9 Å². The van der Waals surface area contributed by atoms with Crippen LogP contribution >= 0.6 is 0 Å². The molecule has 117 valence electrons. The molecule has 0 aliphatic heterocycles. The molecule has 1 aromatic carbocycles. The summed E-state index contributed by atoms with van der Waals surface area (Å²) in [6.07, 6.45) is 17.3. The molecule has 0 atom stereocenters. The molecule has 0 unspecified atom stereocenters. The van der Waals surface area contributed by atoms with Gasteiger partial charge in [0.2, 0.25) is 0 Å². The highest BCUT2D eigenvalue weighted by Crippen LogP contribution is 2.34. The van der Waals surface area contributed by atoms with Crippen LogP contribution in [0, 0.1) is 17.9 Å². The second-order valence-corrected chi connectivity index (χ2v) is 7.04. The molecular formula is C21H33. The standard InChI is InChI=1S/C21H33/c1-2-3-4-5-7-12-20-14-17-21(18-15-20)16-13-19-10-8-6-9-11-19/h8-11,20-21H,2-5,7,12-18H2,1H3/t20-,21-. The number of hydrogen-bond donors (Lipinski definition) is 0. The minimum atomic E-state index is 0.991. The van der Waals surface area contributed by atoms with E-state index in [1.165, 1.54) is 82.6 Å². The lowest BCUT2D eigenvalue weighted by atomic mass is 9.78. The van der Waals surface area contributed by atoms with Crippen LogP contribution in [0.4, 0.5) is 0 Å². The lowest BCUT2D eigenvalue weighted by Crippen LogP contribution is -2.15. The Labute approximate surface area is 132 Å². The summed E-state index contributed by atoms with van der Waals surface area (Å²) in [6.45, 7) is 2.30. The maximum Gasteiger partial charge on any atom is -0.0184 e. The minimum Gasteiger partial charge on any atom is -0.0654 e. The Morgan fingerprint density at radius 2 is 1.48 bits per heavy atom. The fourth-order valence-corrected chi connectivity index (χ4v) is 3.80. The molecule has 0 heteroatoms. The third-order valence-corrected chi connectivity index (χ3v) is 5.31. The Balaban J connectivity index is 1.54. The molecule has 1 aliphatic carbocycles. The molecular weight excluding hydrogens is 252 g/mol. The van der Waals surface area contributed by atoms with E-state index in [2.05, 4.69) is 25.1 Å². The first-order valence-electron chi connectivity index (χ1n) is 9.33. The normalized spacial score (nSPS) is 22.3. The number of benzene rings is 1. The molecule has 1 aliphatic rings. The van der Waals surface area contributed by atoms with Gasteiger partial charge in [0.05, 0.1) is 0 Å². The maximum absolute atomic E-state index is 3.11. The summed E-state index contributed by atoms with van der Waals surface area (Å²) >= 11 is 0. The van der Waals surface area contributed by atoms with E-state index >= 15 is 0 Å². The molecule has 0 spiro atoms. The maximum atomic E-state index is 3.11. The molecule has 0 saturated heterocycles. The number of aryl methyl sites for hydroxylation is 1. The first-order chi connectivity index (χ1) is 10.4. The first kappa shape index (κ1) is 16.6. The van der Waals surface area contributed by atoms with Crippen LogP contribution in [0.1, 0.15) is 83.1 Å². The van der Waals surface area contributed by atoms with Gasteiger partial charge < -0.3 is 0 Å². The SMILES string of the molecule is CCCCCCC[C@H]1CC[C@H](CCc2cc[c]cc2)CC1. The molecule has 1 fully saturated rings. The van der Waals surface area contributed by atoms with E-state index in [1.807, 2.05) is 12.1 Å². The third kappa shape index (κ3) is 6.68. The second kappa shape index (κ2) is 10.0.